The van der Waals surface area contributed by atoms with Crippen molar-refractivity contribution in [3.63, 3.8) is 0 Å². The van der Waals surface area contributed by atoms with Gasteiger partial charge in [0.05, 0.1) is 8.07 Å². The van der Waals surface area contributed by atoms with E-state index in [-0.39, 0.29) is 5.41 Å². The molecule has 0 N–H and O–H groups in total. The van der Waals surface area contributed by atoms with Crippen LogP contribution in [0.5, 0.6) is 0 Å². The molecule has 148 valence electrons. The molecule has 3 rings (SSSR count). The molecule has 10 radical (unpaired) electrons. The average molecular weight is 381 g/mol. The van der Waals surface area contributed by atoms with E-state index in [9.17, 15) is 0 Å². The van der Waals surface area contributed by atoms with Crippen LogP contribution >= 0.6 is 0 Å². The van der Waals surface area contributed by atoms with Crippen LogP contribution in [-0.2, 0) is 0 Å². The second-order valence-electron chi connectivity index (χ2n) is 11.1. The first kappa shape index (κ1) is 21.9. The molecule has 3 fully saturated rings. The largest absolute Gasteiger partial charge is 0.0685 e. The molecule has 0 spiro atoms. The van der Waals surface area contributed by atoms with E-state index >= 15 is 0 Å². The highest BCUT2D eigenvalue weighted by Gasteiger charge is 2.50. The zero-order valence-electron chi connectivity index (χ0n) is 18.9. The van der Waals surface area contributed by atoms with E-state index in [1.54, 1.807) is 17.0 Å². The molecule has 0 aromatic rings. The summed E-state index contributed by atoms with van der Waals surface area (Å²) in [5.41, 5.74) is 3.44. The summed E-state index contributed by atoms with van der Waals surface area (Å²) in [4.78, 5) is 0. The van der Waals surface area contributed by atoms with Crippen LogP contribution in [0.15, 0.2) is 0 Å². The zero-order chi connectivity index (χ0) is 20.0. The average Bonchev–Trinajstić information content (AvgIpc) is 3.24. The predicted molar refractivity (Wildman–Crippen MR) is 121 cm³/mol. The molecule has 0 amide bonds. The molecular formula is C26H40Si. The lowest BCUT2D eigenvalue weighted by atomic mass is 9.65. The minimum atomic E-state index is -1.62. The van der Waals surface area contributed by atoms with Gasteiger partial charge in [0.2, 0.25) is 0 Å². The van der Waals surface area contributed by atoms with Crippen LogP contribution in [0.3, 0.4) is 0 Å². The maximum Gasteiger partial charge on any atom is 0.0618 e. The number of rotatable bonds is 4. The Labute approximate surface area is 172 Å². The van der Waals surface area contributed by atoms with E-state index < -0.39 is 8.07 Å². The first-order valence-corrected chi connectivity index (χ1v) is 14.0. The summed E-state index contributed by atoms with van der Waals surface area (Å²) in [7, 11) is -1.62. The standard InChI is InChI=1S/C26H40Si/c1-18(2)24-14-9-19(3)15-25(24)20-10-12-22(16-20)27(7,8)23-13-11-21(17-23)26(4,5)6/h10-13,16-19,24-25H,9,14-15H2,1-8H3/t19-,24+,25-/m1/s1. The fourth-order valence-electron chi connectivity index (χ4n) is 5.13. The second kappa shape index (κ2) is 8.15. The van der Waals surface area contributed by atoms with Crippen molar-refractivity contribution >= 4 is 8.07 Å². The molecule has 1 heteroatoms. The monoisotopic (exact) mass is 380 g/mol. The lowest BCUT2D eigenvalue weighted by molar-refractivity contribution is 0.159. The molecule has 0 aliphatic heterocycles. The SMILES string of the molecule is CC(C)[C@@H]1CC[C@@H](C)C[C@@H]1[C]1[CH][CH][C]([Si](C)(C)[C]2[CH][CH][C](C(C)(C)C)[CH]2)[CH]1. The summed E-state index contributed by atoms with van der Waals surface area (Å²) >= 11 is 0. The maximum atomic E-state index is 2.59. The highest BCUT2D eigenvalue weighted by molar-refractivity contribution is 6.89. The van der Waals surface area contributed by atoms with Crippen molar-refractivity contribution in [1.29, 1.82) is 0 Å². The molecule has 0 heterocycles. The lowest BCUT2D eigenvalue weighted by Gasteiger charge is -2.41. The molecule has 0 aromatic heterocycles. The van der Waals surface area contributed by atoms with Crippen molar-refractivity contribution in [1.82, 2.24) is 0 Å². The van der Waals surface area contributed by atoms with Crippen LogP contribution in [-0.4, -0.2) is 8.07 Å². The Balaban J connectivity index is 1.64. The molecule has 3 atom stereocenters. The van der Waals surface area contributed by atoms with Gasteiger partial charge in [0.15, 0.2) is 0 Å². The third-order valence-electron chi connectivity index (χ3n) is 7.29. The fourth-order valence-corrected chi connectivity index (χ4v) is 7.51. The maximum absolute atomic E-state index is 2.59. The van der Waals surface area contributed by atoms with Crippen molar-refractivity contribution in [3.8, 4) is 0 Å². The van der Waals surface area contributed by atoms with Gasteiger partial charge in [-0.25, -0.2) is 0 Å². The van der Waals surface area contributed by atoms with Gasteiger partial charge >= 0.3 is 0 Å². The van der Waals surface area contributed by atoms with Crippen LogP contribution in [0.25, 0.3) is 0 Å². The topological polar surface area (TPSA) is 0 Å². The smallest absolute Gasteiger partial charge is 0.0618 e. The summed E-state index contributed by atoms with van der Waals surface area (Å²) in [5.74, 6) is 6.38. The van der Waals surface area contributed by atoms with Crippen molar-refractivity contribution in [2.24, 2.45) is 29.1 Å². The van der Waals surface area contributed by atoms with Gasteiger partial charge in [-0.2, -0.15) is 0 Å². The number of hydrogen-bond donors (Lipinski definition) is 0. The van der Waals surface area contributed by atoms with Gasteiger partial charge < -0.3 is 0 Å². The Morgan fingerprint density at radius 1 is 0.926 bits per heavy atom. The van der Waals surface area contributed by atoms with E-state index in [1.165, 1.54) is 25.2 Å². The molecular weight excluding hydrogens is 340 g/mol. The van der Waals surface area contributed by atoms with Crippen molar-refractivity contribution in [2.75, 3.05) is 0 Å². The van der Waals surface area contributed by atoms with Crippen LogP contribution in [0.1, 0.15) is 60.8 Å². The van der Waals surface area contributed by atoms with Crippen molar-refractivity contribution in [3.05, 3.63) is 61.4 Å². The lowest BCUT2D eigenvalue weighted by Crippen LogP contribution is -2.42. The summed E-state index contributed by atoms with van der Waals surface area (Å²) < 4.78 is 0. The highest BCUT2D eigenvalue weighted by atomic mass is 28.3. The van der Waals surface area contributed by atoms with Gasteiger partial charge in [-0.05, 0) is 103 Å². The Kier molecular flexibility index (Phi) is 6.62. The van der Waals surface area contributed by atoms with Crippen LogP contribution in [0.2, 0.25) is 13.1 Å². The Morgan fingerprint density at radius 3 is 2.15 bits per heavy atom. The van der Waals surface area contributed by atoms with E-state index in [4.69, 9.17) is 0 Å². The Hall–Kier alpha value is 0.217. The normalized spacial score (nSPS) is 33.4. The van der Waals surface area contributed by atoms with E-state index in [0.717, 1.165) is 23.7 Å². The van der Waals surface area contributed by atoms with E-state index in [2.05, 4.69) is 93.2 Å². The zero-order valence-corrected chi connectivity index (χ0v) is 19.9. The summed E-state index contributed by atoms with van der Waals surface area (Å²) in [6.45, 7) is 19.3. The van der Waals surface area contributed by atoms with Gasteiger partial charge in [0.25, 0.3) is 0 Å². The molecule has 0 bridgehead atoms. The van der Waals surface area contributed by atoms with Crippen molar-refractivity contribution < 1.29 is 0 Å². The molecule has 0 unspecified atom stereocenters. The first-order chi connectivity index (χ1) is 12.5. The predicted octanol–water partition coefficient (Wildman–Crippen LogP) is 7.08. The van der Waals surface area contributed by atoms with E-state index in [1.807, 2.05) is 0 Å². The van der Waals surface area contributed by atoms with Gasteiger partial charge in [-0.3, -0.25) is 0 Å². The molecule has 27 heavy (non-hydrogen) atoms. The van der Waals surface area contributed by atoms with Gasteiger partial charge in [-0.1, -0.05) is 61.1 Å². The minimum Gasteiger partial charge on any atom is -0.0685 e. The molecule has 3 aliphatic rings. The van der Waals surface area contributed by atoms with Crippen LogP contribution in [0, 0.1) is 90.5 Å². The summed E-state index contributed by atoms with van der Waals surface area (Å²) in [6.07, 6.45) is 19.0. The third kappa shape index (κ3) is 4.70. The van der Waals surface area contributed by atoms with Gasteiger partial charge in [0, 0.05) is 0 Å². The quantitative estimate of drug-likeness (QED) is 0.457. The second-order valence-corrected chi connectivity index (χ2v) is 15.5. The number of hydrogen-bond acceptors (Lipinski definition) is 0. The minimum absolute atomic E-state index is 0.239. The van der Waals surface area contributed by atoms with Crippen LogP contribution < -0.4 is 0 Å². The van der Waals surface area contributed by atoms with Gasteiger partial charge in [0.1, 0.15) is 0 Å². The summed E-state index contributed by atoms with van der Waals surface area (Å²) in [5, 5.41) is 0. The highest BCUT2D eigenvalue weighted by Crippen LogP contribution is 2.54. The first-order valence-electron chi connectivity index (χ1n) is 11.0. The summed E-state index contributed by atoms with van der Waals surface area (Å²) in [6, 6.07) is 0. The molecule has 0 aromatic carbocycles. The van der Waals surface area contributed by atoms with Crippen LogP contribution in [0.4, 0.5) is 0 Å². The van der Waals surface area contributed by atoms with E-state index in [0.29, 0.717) is 0 Å². The molecule has 0 saturated heterocycles. The fraction of sp³-hybridized carbons (Fsp3) is 0.615. The molecule has 0 nitrogen and oxygen atoms in total. The Morgan fingerprint density at radius 2 is 1.56 bits per heavy atom. The third-order valence-corrected chi connectivity index (χ3v) is 10.8. The Bertz CT molecular complexity index is 485. The van der Waals surface area contributed by atoms with Gasteiger partial charge in [-0.15, -0.1) is 0 Å². The van der Waals surface area contributed by atoms with Crippen molar-refractivity contribution in [2.45, 2.75) is 73.9 Å². The molecule has 3 aliphatic carbocycles. The molecule has 3 saturated carbocycles.